The third-order valence-electron chi connectivity index (χ3n) is 4.35. The van der Waals surface area contributed by atoms with Gasteiger partial charge in [0.05, 0.1) is 12.7 Å². The molecule has 1 aliphatic carbocycles. The van der Waals surface area contributed by atoms with Gasteiger partial charge in [0, 0.05) is 24.5 Å². The lowest BCUT2D eigenvalue weighted by Gasteiger charge is -2.12. The topological polar surface area (TPSA) is 87.7 Å². The van der Waals surface area contributed by atoms with Crippen LogP contribution in [0, 0.1) is 0 Å². The van der Waals surface area contributed by atoms with E-state index in [9.17, 15) is 14.4 Å². The normalized spacial score (nSPS) is 12.3. The van der Waals surface area contributed by atoms with Crippen molar-refractivity contribution in [1.29, 1.82) is 0 Å². The molecule has 4 amide bonds. The second kappa shape index (κ2) is 7.79. The maximum absolute atomic E-state index is 12.7. The molecule has 142 valence electrons. The van der Waals surface area contributed by atoms with E-state index in [0.717, 1.165) is 29.7 Å². The minimum atomic E-state index is -0.495. The molecule has 0 saturated carbocycles. The maximum atomic E-state index is 12.7. The predicted octanol–water partition coefficient (Wildman–Crippen LogP) is 2.91. The number of aryl methyl sites for hydroxylation is 1. The van der Waals surface area contributed by atoms with Crippen molar-refractivity contribution in [3.8, 4) is 5.75 Å². The van der Waals surface area contributed by atoms with Crippen molar-refractivity contribution in [3.05, 3.63) is 45.8 Å². The molecular weight excluding hydrogens is 366 g/mol. The average molecular weight is 387 g/mol. The molecule has 0 saturated heterocycles. The summed E-state index contributed by atoms with van der Waals surface area (Å²) >= 11 is 1.40. The van der Waals surface area contributed by atoms with Crippen molar-refractivity contribution >= 4 is 34.2 Å². The van der Waals surface area contributed by atoms with Gasteiger partial charge in [0.15, 0.2) is 0 Å². The van der Waals surface area contributed by atoms with E-state index in [1.807, 2.05) is 0 Å². The summed E-state index contributed by atoms with van der Waals surface area (Å²) in [5.74, 6) is -0.146. The fraction of sp³-hybridized carbons (Fsp3) is 0.316. The molecule has 0 atom stereocenters. The van der Waals surface area contributed by atoms with Crippen molar-refractivity contribution in [2.75, 3.05) is 26.5 Å². The van der Waals surface area contributed by atoms with E-state index in [2.05, 4.69) is 10.6 Å². The Morgan fingerprint density at radius 2 is 1.78 bits per heavy atom. The van der Waals surface area contributed by atoms with E-state index in [0.29, 0.717) is 21.9 Å². The van der Waals surface area contributed by atoms with Gasteiger partial charge in [-0.2, -0.15) is 0 Å². The summed E-state index contributed by atoms with van der Waals surface area (Å²) in [7, 11) is 4.68. The number of nitrogens with zero attached hydrogens (tertiary/aromatic N) is 1. The van der Waals surface area contributed by atoms with E-state index in [1.165, 1.54) is 16.2 Å². The van der Waals surface area contributed by atoms with E-state index in [4.69, 9.17) is 4.74 Å². The molecule has 0 aliphatic heterocycles. The first-order valence-corrected chi connectivity index (χ1v) is 9.35. The minimum absolute atomic E-state index is 0.314. The number of ether oxygens (including phenoxy) is 1. The highest BCUT2D eigenvalue weighted by Gasteiger charge is 2.28. The van der Waals surface area contributed by atoms with Gasteiger partial charge in [-0.15, -0.1) is 11.3 Å². The largest absolute Gasteiger partial charge is 0.497 e. The van der Waals surface area contributed by atoms with Gasteiger partial charge in [0.1, 0.15) is 10.8 Å². The molecule has 0 fully saturated rings. The van der Waals surface area contributed by atoms with Gasteiger partial charge in [-0.05, 0) is 49.1 Å². The summed E-state index contributed by atoms with van der Waals surface area (Å²) in [6.07, 6.45) is 2.61. The number of hydrogen-bond donors (Lipinski definition) is 2. The van der Waals surface area contributed by atoms with Gasteiger partial charge in [0.2, 0.25) is 0 Å². The maximum Gasteiger partial charge on any atom is 0.323 e. The predicted molar refractivity (Wildman–Crippen MR) is 104 cm³/mol. The Bertz CT molecular complexity index is 887. The van der Waals surface area contributed by atoms with Gasteiger partial charge >= 0.3 is 6.03 Å². The molecule has 3 rings (SSSR count). The summed E-state index contributed by atoms with van der Waals surface area (Å²) in [6.45, 7) is 0. The molecule has 7 nitrogen and oxygen atoms in total. The fourth-order valence-electron chi connectivity index (χ4n) is 2.92. The van der Waals surface area contributed by atoms with Gasteiger partial charge < -0.3 is 15.0 Å². The molecule has 1 heterocycles. The van der Waals surface area contributed by atoms with Gasteiger partial charge in [-0.25, -0.2) is 4.79 Å². The zero-order valence-corrected chi connectivity index (χ0v) is 16.2. The molecule has 2 aromatic rings. The molecule has 0 radical (unpaired) electrons. The van der Waals surface area contributed by atoms with Crippen LogP contribution in [0.3, 0.4) is 0 Å². The highest BCUT2D eigenvalue weighted by atomic mass is 32.1. The zero-order chi connectivity index (χ0) is 19.6. The number of fused-ring (bicyclic) bond motifs is 1. The summed E-state index contributed by atoms with van der Waals surface area (Å²) < 4.78 is 5.10. The third kappa shape index (κ3) is 3.95. The number of imide groups is 1. The number of nitrogens with one attached hydrogen (secondary N) is 2. The van der Waals surface area contributed by atoms with Crippen molar-refractivity contribution in [2.45, 2.75) is 19.3 Å². The first-order valence-electron chi connectivity index (χ1n) is 8.53. The van der Waals surface area contributed by atoms with Crippen LogP contribution >= 0.6 is 11.3 Å². The molecule has 1 aromatic carbocycles. The van der Waals surface area contributed by atoms with E-state index in [-0.39, 0.29) is 5.91 Å². The Morgan fingerprint density at radius 3 is 2.41 bits per heavy atom. The Hall–Kier alpha value is -2.87. The number of hydrogen-bond acceptors (Lipinski definition) is 5. The first kappa shape index (κ1) is 18.9. The van der Waals surface area contributed by atoms with Crippen LogP contribution in [-0.4, -0.2) is 44.0 Å². The monoisotopic (exact) mass is 387 g/mol. The van der Waals surface area contributed by atoms with Crippen molar-refractivity contribution in [2.24, 2.45) is 0 Å². The lowest BCUT2D eigenvalue weighted by molar-refractivity contribution is 0.0957. The van der Waals surface area contributed by atoms with Crippen molar-refractivity contribution in [3.63, 3.8) is 0 Å². The number of rotatable bonds is 4. The number of anilines is 1. The van der Waals surface area contributed by atoms with Gasteiger partial charge in [-0.1, -0.05) is 0 Å². The van der Waals surface area contributed by atoms with Crippen LogP contribution in [0.15, 0.2) is 24.3 Å². The first-order chi connectivity index (χ1) is 12.9. The third-order valence-corrected chi connectivity index (χ3v) is 5.56. The Labute approximate surface area is 161 Å². The number of carbonyl (C=O) groups is 3. The molecule has 8 heteroatoms. The summed E-state index contributed by atoms with van der Waals surface area (Å²) in [6, 6.07) is 6.22. The SMILES string of the molecule is COc1ccc(C(=O)Nc2sc3c(c2C(=O)NC(=O)N(C)C)CCC3)cc1. The van der Waals surface area contributed by atoms with Gasteiger partial charge in [-0.3, -0.25) is 14.9 Å². The molecule has 0 spiro atoms. The fourth-order valence-corrected chi connectivity index (χ4v) is 4.20. The number of thiophene rings is 1. The number of carbonyl (C=O) groups excluding carboxylic acids is 3. The molecule has 1 aromatic heterocycles. The molecule has 27 heavy (non-hydrogen) atoms. The van der Waals surface area contributed by atoms with Crippen LogP contribution in [-0.2, 0) is 12.8 Å². The Kier molecular flexibility index (Phi) is 5.46. The quantitative estimate of drug-likeness (QED) is 0.844. The lowest BCUT2D eigenvalue weighted by Crippen LogP contribution is -2.39. The van der Waals surface area contributed by atoms with Crippen LogP contribution in [0.1, 0.15) is 37.6 Å². The summed E-state index contributed by atoms with van der Waals surface area (Å²) in [5, 5.41) is 5.67. The molecule has 2 N–H and O–H groups in total. The Morgan fingerprint density at radius 1 is 1.07 bits per heavy atom. The second-order valence-corrected chi connectivity index (χ2v) is 7.50. The Balaban J connectivity index is 1.85. The molecular formula is C19H21N3O4S. The average Bonchev–Trinajstić information content (AvgIpc) is 3.22. The zero-order valence-electron chi connectivity index (χ0n) is 15.4. The minimum Gasteiger partial charge on any atom is -0.497 e. The van der Waals surface area contributed by atoms with Crippen LogP contribution in [0.4, 0.5) is 9.80 Å². The molecule has 1 aliphatic rings. The standard InChI is InChI=1S/C19H21N3O4S/c1-22(2)19(25)21-17(24)15-13-5-4-6-14(13)27-18(15)20-16(23)11-7-9-12(26-3)10-8-11/h7-10H,4-6H2,1-3H3,(H,20,23)(H,21,24,25). The number of benzene rings is 1. The van der Waals surface area contributed by atoms with Crippen LogP contribution in [0.2, 0.25) is 0 Å². The second-order valence-electron chi connectivity index (χ2n) is 6.40. The highest BCUT2D eigenvalue weighted by molar-refractivity contribution is 7.17. The summed E-state index contributed by atoms with van der Waals surface area (Å²) in [4.78, 5) is 39.5. The summed E-state index contributed by atoms with van der Waals surface area (Å²) in [5.41, 5.74) is 1.78. The molecule has 0 unspecified atom stereocenters. The van der Waals surface area contributed by atoms with Crippen LogP contribution in [0.5, 0.6) is 5.75 Å². The van der Waals surface area contributed by atoms with Crippen molar-refractivity contribution < 1.29 is 19.1 Å². The van der Waals surface area contributed by atoms with Crippen LogP contribution < -0.4 is 15.4 Å². The number of urea groups is 1. The van der Waals surface area contributed by atoms with Gasteiger partial charge in [0.25, 0.3) is 11.8 Å². The highest BCUT2D eigenvalue weighted by Crippen LogP contribution is 2.39. The number of methoxy groups -OCH3 is 1. The molecule has 0 bridgehead atoms. The lowest BCUT2D eigenvalue weighted by atomic mass is 10.1. The van der Waals surface area contributed by atoms with E-state index < -0.39 is 11.9 Å². The van der Waals surface area contributed by atoms with Crippen molar-refractivity contribution in [1.82, 2.24) is 10.2 Å². The van der Waals surface area contributed by atoms with Crippen LogP contribution in [0.25, 0.3) is 0 Å². The van der Waals surface area contributed by atoms with E-state index >= 15 is 0 Å². The smallest absolute Gasteiger partial charge is 0.323 e. The van der Waals surface area contributed by atoms with E-state index in [1.54, 1.807) is 45.5 Å². The number of amides is 4.